The van der Waals surface area contributed by atoms with Gasteiger partial charge in [0.2, 0.25) is 0 Å². The highest BCUT2D eigenvalue weighted by Gasteiger charge is 2.55. The molecule has 4 saturated carbocycles. The molecule has 1 saturated heterocycles. The summed E-state index contributed by atoms with van der Waals surface area (Å²) >= 11 is 0. The number of aliphatic hydroxyl groups is 1. The second-order valence-corrected chi connectivity index (χ2v) is 11.5. The quantitative estimate of drug-likeness (QED) is 0.522. The minimum atomic E-state index is -0.475. The molecule has 4 bridgehead atoms. The highest BCUT2D eigenvalue weighted by Crippen LogP contribution is 2.55. The van der Waals surface area contributed by atoms with E-state index in [-0.39, 0.29) is 18.0 Å². The summed E-state index contributed by atoms with van der Waals surface area (Å²) in [7, 11) is 0. The maximum atomic E-state index is 12.9. The number of amides is 3. The molecule has 7 heteroatoms. The third-order valence-electron chi connectivity index (χ3n) is 8.88. The lowest BCUT2D eigenvalue weighted by Gasteiger charge is -2.58. The average Bonchev–Trinajstić information content (AvgIpc) is 2.84. The van der Waals surface area contributed by atoms with Crippen LogP contribution in [0.5, 0.6) is 5.75 Å². The molecule has 4 aliphatic carbocycles. The lowest BCUT2D eigenvalue weighted by Crippen LogP contribution is -2.61. The van der Waals surface area contributed by atoms with E-state index < -0.39 is 5.60 Å². The maximum Gasteiger partial charge on any atom is 0.317 e. The van der Waals surface area contributed by atoms with Crippen molar-refractivity contribution >= 4 is 11.9 Å². The fourth-order valence-electron chi connectivity index (χ4n) is 7.27. The Morgan fingerprint density at radius 1 is 1.09 bits per heavy atom. The molecular weight excluding hydrogens is 442 g/mol. The third kappa shape index (κ3) is 5.60. The van der Waals surface area contributed by atoms with Crippen molar-refractivity contribution in [2.24, 2.45) is 23.7 Å². The molecular formula is C28H41N3O4. The topological polar surface area (TPSA) is 90.9 Å². The summed E-state index contributed by atoms with van der Waals surface area (Å²) in [5.41, 5.74) is 0.190. The van der Waals surface area contributed by atoms with Crippen molar-refractivity contribution < 1.29 is 19.4 Å². The van der Waals surface area contributed by atoms with Crippen LogP contribution in [0, 0.1) is 23.7 Å². The van der Waals surface area contributed by atoms with Gasteiger partial charge in [-0.25, -0.2) is 4.79 Å². The van der Waals surface area contributed by atoms with Gasteiger partial charge in [-0.2, -0.15) is 0 Å². The number of nitrogens with one attached hydrogen (secondary N) is 2. The number of piperidine rings is 1. The van der Waals surface area contributed by atoms with Crippen LogP contribution in [-0.2, 0) is 0 Å². The molecule has 0 aromatic heterocycles. The van der Waals surface area contributed by atoms with E-state index in [0.717, 1.165) is 83.2 Å². The van der Waals surface area contributed by atoms with Crippen LogP contribution in [0.15, 0.2) is 24.3 Å². The largest absolute Gasteiger partial charge is 0.494 e. The highest BCUT2D eigenvalue weighted by molar-refractivity contribution is 5.94. The van der Waals surface area contributed by atoms with Crippen LogP contribution < -0.4 is 15.4 Å². The number of benzene rings is 1. The molecule has 5 fully saturated rings. The van der Waals surface area contributed by atoms with Gasteiger partial charge in [-0.05, 0) is 106 Å². The van der Waals surface area contributed by atoms with E-state index in [9.17, 15) is 14.7 Å². The predicted molar refractivity (Wildman–Crippen MR) is 134 cm³/mol. The predicted octanol–water partition coefficient (Wildman–Crippen LogP) is 3.96. The van der Waals surface area contributed by atoms with Crippen molar-refractivity contribution in [2.75, 3.05) is 26.2 Å². The van der Waals surface area contributed by atoms with Crippen LogP contribution in [0.4, 0.5) is 4.79 Å². The standard InChI is InChI=1S/C28H41N3O4/c1-2-10-29-27(33)31-11-7-19(8-12-31)9-13-35-24-5-3-21(4-6-24)26(32)30-25-22-14-20-15-23(25)18-28(34,16-20)17-22/h3-6,19-20,22-23,25,34H,2,7-18H2,1H3,(H,29,33)(H,30,32). The van der Waals surface area contributed by atoms with Crippen LogP contribution >= 0.6 is 0 Å². The van der Waals surface area contributed by atoms with E-state index in [4.69, 9.17) is 4.74 Å². The second kappa shape index (κ2) is 10.4. The molecule has 0 spiro atoms. The van der Waals surface area contributed by atoms with Gasteiger partial charge in [0.25, 0.3) is 5.91 Å². The van der Waals surface area contributed by atoms with Gasteiger partial charge in [-0.15, -0.1) is 0 Å². The lowest BCUT2D eigenvalue weighted by atomic mass is 9.52. The molecule has 7 nitrogen and oxygen atoms in total. The van der Waals surface area contributed by atoms with Gasteiger partial charge in [0, 0.05) is 31.2 Å². The molecule has 1 heterocycles. The molecule has 6 rings (SSSR count). The molecule has 5 aliphatic rings. The first-order valence-corrected chi connectivity index (χ1v) is 13.7. The van der Waals surface area contributed by atoms with Crippen molar-refractivity contribution in [1.29, 1.82) is 0 Å². The minimum absolute atomic E-state index is 0.0178. The molecule has 1 aromatic rings. The summed E-state index contributed by atoms with van der Waals surface area (Å²) in [4.78, 5) is 26.9. The smallest absolute Gasteiger partial charge is 0.317 e. The fraction of sp³-hybridized carbons (Fsp3) is 0.714. The van der Waals surface area contributed by atoms with Gasteiger partial charge in [-0.3, -0.25) is 4.79 Å². The monoisotopic (exact) mass is 483 g/mol. The first-order valence-electron chi connectivity index (χ1n) is 13.7. The number of carbonyl (C=O) groups is 2. The summed E-state index contributed by atoms with van der Waals surface area (Å²) < 4.78 is 5.96. The summed E-state index contributed by atoms with van der Waals surface area (Å²) in [6.07, 6.45) is 8.88. The van der Waals surface area contributed by atoms with Crippen LogP contribution in [0.1, 0.15) is 75.1 Å². The number of hydrogen-bond acceptors (Lipinski definition) is 4. The average molecular weight is 484 g/mol. The molecule has 0 radical (unpaired) electrons. The molecule has 1 aliphatic heterocycles. The van der Waals surface area contributed by atoms with Crippen molar-refractivity contribution in [2.45, 2.75) is 76.4 Å². The van der Waals surface area contributed by atoms with Crippen LogP contribution in [0.2, 0.25) is 0 Å². The second-order valence-electron chi connectivity index (χ2n) is 11.5. The number of ether oxygens (including phenoxy) is 1. The zero-order valence-electron chi connectivity index (χ0n) is 21.0. The first kappa shape index (κ1) is 24.4. The maximum absolute atomic E-state index is 12.9. The van der Waals surface area contributed by atoms with Crippen LogP contribution in [0.3, 0.4) is 0 Å². The van der Waals surface area contributed by atoms with Crippen molar-refractivity contribution in [3.05, 3.63) is 29.8 Å². The third-order valence-corrected chi connectivity index (χ3v) is 8.88. The SMILES string of the molecule is CCCNC(=O)N1CCC(CCOc2ccc(C(=O)NC3C4CC5CC3CC(O)(C5)C4)cc2)CC1. The first-order chi connectivity index (χ1) is 16.9. The zero-order chi connectivity index (χ0) is 24.4. The Morgan fingerprint density at radius 3 is 2.40 bits per heavy atom. The Hall–Kier alpha value is -2.28. The Morgan fingerprint density at radius 2 is 1.77 bits per heavy atom. The molecule has 2 atom stereocenters. The van der Waals surface area contributed by atoms with Crippen molar-refractivity contribution in [1.82, 2.24) is 15.5 Å². The van der Waals surface area contributed by atoms with E-state index >= 15 is 0 Å². The van der Waals surface area contributed by atoms with Crippen LogP contribution in [-0.4, -0.2) is 59.8 Å². The van der Waals surface area contributed by atoms with E-state index in [0.29, 0.717) is 35.8 Å². The minimum Gasteiger partial charge on any atom is -0.494 e. The number of nitrogens with zero attached hydrogens (tertiary/aromatic N) is 1. The number of urea groups is 1. The Kier molecular flexibility index (Phi) is 7.24. The zero-order valence-corrected chi connectivity index (χ0v) is 21.0. The molecule has 192 valence electrons. The van der Waals surface area contributed by atoms with E-state index in [1.165, 1.54) is 0 Å². The van der Waals surface area contributed by atoms with E-state index in [1.807, 2.05) is 29.2 Å². The normalized spacial score (nSPS) is 31.9. The number of hydrogen-bond donors (Lipinski definition) is 3. The lowest BCUT2D eigenvalue weighted by molar-refractivity contribution is -0.136. The highest BCUT2D eigenvalue weighted by atomic mass is 16.5. The van der Waals surface area contributed by atoms with Gasteiger partial charge >= 0.3 is 6.03 Å². The molecule has 3 amide bonds. The molecule has 1 aromatic carbocycles. The van der Waals surface area contributed by atoms with Gasteiger partial charge in [0.1, 0.15) is 5.75 Å². The molecule has 3 N–H and O–H groups in total. The van der Waals surface area contributed by atoms with E-state index in [1.54, 1.807) is 0 Å². The van der Waals surface area contributed by atoms with E-state index in [2.05, 4.69) is 17.6 Å². The summed E-state index contributed by atoms with van der Waals surface area (Å²) in [5.74, 6) is 2.81. The fourth-order valence-corrected chi connectivity index (χ4v) is 7.27. The number of rotatable bonds is 8. The van der Waals surface area contributed by atoms with Gasteiger partial charge < -0.3 is 25.4 Å². The van der Waals surface area contributed by atoms with Crippen LogP contribution in [0.25, 0.3) is 0 Å². The number of carbonyl (C=O) groups excluding carboxylic acids is 2. The molecule has 2 unspecified atom stereocenters. The van der Waals surface area contributed by atoms with Crippen molar-refractivity contribution in [3.8, 4) is 5.75 Å². The number of likely N-dealkylation sites (tertiary alicyclic amines) is 1. The van der Waals surface area contributed by atoms with Gasteiger partial charge in [0.05, 0.1) is 12.2 Å². The Balaban J connectivity index is 1.04. The summed E-state index contributed by atoms with van der Waals surface area (Å²) in [6.45, 7) is 5.07. The Labute approximate surface area is 209 Å². The summed E-state index contributed by atoms with van der Waals surface area (Å²) in [5, 5.41) is 17.0. The summed E-state index contributed by atoms with van der Waals surface area (Å²) in [6, 6.07) is 7.72. The molecule has 35 heavy (non-hydrogen) atoms. The van der Waals surface area contributed by atoms with Gasteiger partial charge in [-0.1, -0.05) is 6.92 Å². The Bertz CT molecular complexity index is 880. The van der Waals surface area contributed by atoms with Crippen molar-refractivity contribution in [3.63, 3.8) is 0 Å². The van der Waals surface area contributed by atoms with Gasteiger partial charge in [0.15, 0.2) is 0 Å².